The van der Waals surface area contributed by atoms with Crippen molar-refractivity contribution in [1.29, 1.82) is 0 Å². The molecule has 2 aromatic rings. The zero-order valence-electron chi connectivity index (χ0n) is 12.0. The molecular weight excluding hydrogens is 269 g/mol. The lowest BCUT2D eigenvalue weighted by molar-refractivity contribution is -0.127. The summed E-state index contributed by atoms with van der Waals surface area (Å²) in [5.74, 6) is 0.142. The number of amides is 1. The van der Waals surface area contributed by atoms with Crippen LogP contribution in [-0.2, 0) is 4.79 Å². The number of benzene rings is 2. The van der Waals surface area contributed by atoms with E-state index in [1.54, 1.807) is 31.2 Å². The Morgan fingerprint density at radius 1 is 1.05 bits per heavy atom. The Hall–Kier alpha value is -2.36. The minimum absolute atomic E-state index is 0.208. The van der Waals surface area contributed by atoms with Crippen LogP contribution in [0.3, 0.4) is 0 Å². The van der Waals surface area contributed by atoms with Crippen molar-refractivity contribution in [3.05, 3.63) is 66.0 Å². The van der Waals surface area contributed by atoms with Gasteiger partial charge in [-0.25, -0.2) is 4.39 Å². The van der Waals surface area contributed by atoms with E-state index in [9.17, 15) is 9.18 Å². The summed E-state index contributed by atoms with van der Waals surface area (Å²) >= 11 is 0. The maximum atomic E-state index is 12.9. The molecule has 2 aromatic carbocycles. The number of ether oxygens (including phenoxy) is 1. The second-order valence-electron chi connectivity index (χ2n) is 4.85. The van der Waals surface area contributed by atoms with Gasteiger partial charge in [0.1, 0.15) is 11.6 Å². The third-order valence-electron chi connectivity index (χ3n) is 3.15. The molecule has 0 fully saturated rings. The number of halogens is 1. The number of hydrogen-bond donors (Lipinski definition) is 1. The summed E-state index contributed by atoms with van der Waals surface area (Å²) in [5, 5.41) is 2.85. The molecule has 0 aliphatic heterocycles. The van der Waals surface area contributed by atoms with Gasteiger partial charge in [-0.2, -0.15) is 0 Å². The van der Waals surface area contributed by atoms with Crippen molar-refractivity contribution in [1.82, 2.24) is 5.32 Å². The fourth-order valence-electron chi connectivity index (χ4n) is 1.92. The largest absolute Gasteiger partial charge is 0.481 e. The van der Waals surface area contributed by atoms with Crippen molar-refractivity contribution in [3.63, 3.8) is 0 Å². The highest BCUT2D eigenvalue weighted by Gasteiger charge is 2.17. The van der Waals surface area contributed by atoms with Crippen LogP contribution in [0.15, 0.2) is 54.6 Å². The minimum Gasteiger partial charge on any atom is -0.481 e. The van der Waals surface area contributed by atoms with E-state index in [4.69, 9.17) is 4.74 Å². The van der Waals surface area contributed by atoms with Gasteiger partial charge in [-0.1, -0.05) is 30.3 Å². The molecule has 1 amide bonds. The van der Waals surface area contributed by atoms with E-state index in [0.29, 0.717) is 5.75 Å². The van der Waals surface area contributed by atoms with Crippen LogP contribution in [0.1, 0.15) is 25.5 Å². The maximum absolute atomic E-state index is 12.9. The van der Waals surface area contributed by atoms with Crippen LogP contribution in [0.2, 0.25) is 0 Å². The van der Waals surface area contributed by atoms with Crippen LogP contribution in [0.5, 0.6) is 5.75 Å². The average molecular weight is 287 g/mol. The molecule has 0 spiro atoms. The lowest BCUT2D eigenvalue weighted by Gasteiger charge is -2.19. The lowest BCUT2D eigenvalue weighted by atomic mass is 10.1. The van der Waals surface area contributed by atoms with Gasteiger partial charge in [-0.15, -0.1) is 0 Å². The molecule has 0 aliphatic carbocycles. The van der Waals surface area contributed by atoms with E-state index < -0.39 is 6.10 Å². The van der Waals surface area contributed by atoms with E-state index in [-0.39, 0.29) is 17.8 Å². The molecule has 0 bridgehead atoms. The van der Waals surface area contributed by atoms with E-state index >= 15 is 0 Å². The van der Waals surface area contributed by atoms with Gasteiger partial charge in [0.25, 0.3) is 5.91 Å². The predicted octanol–water partition coefficient (Wildman–Crippen LogP) is 3.47. The van der Waals surface area contributed by atoms with E-state index in [2.05, 4.69) is 5.32 Å². The number of carbonyl (C=O) groups is 1. The molecule has 3 nitrogen and oxygen atoms in total. The standard InChI is InChI=1S/C17H18FNO2/c1-12(14-8-10-15(18)11-9-14)19-17(20)13(2)21-16-6-4-3-5-7-16/h3-13H,1-2H3,(H,19,20). The molecule has 2 unspecified atom stereocenters. The van der Waals surface area contributed by atoms with E-state index in [0.717, 1.165) is 5.56 Å². The molecule has 110 valence electrons. The SMILES string of the molecule is CC(Oc1ccccc1)C(=O)NC(C)c1ccc(F)cc1. The van der Waals surface area contributed by atoms with Gasteiger partial charge in [-0.05, 0) is 43.7 Å². The third kappa shape index (κ3) is 4.31. The van der Waals surface area contributed by atoms with Gasteiger partial charge in [0.05, 0.1) is 6.04 Å². The smallest absolute Gasteiger partial charge is 0.261 e. The van der Waals surface area contributed by atoms with Gasteiger partial charge in [0.2, 0.25) is 0 Å². The molecular formula is C17H18FNO2. The molecule has 21 heavy (non-hydrogen) atoms. The highest BCUT2D eigenvalue weighted by Crippen LogP contribution is 2.14. The topological polar surface area (TPSA) is 38.3 Å². The van der Waals surface area contributed by atoms with Gasteiger partial charge in [0, 0.05) is 0 Å². The van der Waals surface area contributed by atoms with Crippen molar-refractivity contribution in [2.24, 2.45) is 0 Å². The zero-order valence-corrected chi connectivity index (χ0v) is 12.0. The first-order chi connectivity index (χ1) is 10.1. The summed E-state index contributed by atoms with van der Waals surface area (Å²) in [7, 11) is 0. The monoisotopic (exact) mass is 287 g/mol. The maximum Gasteiger partial charge on any atom is 0.261 e. The molecule has 0 aromatic heterocycles. The fraction of sp³-hybridized carbons (Fsp3) is 0.235. The van der Waals surface area contributed by atoms with Gasteiger partial charge < -0.3 is 10.1 Å². The van der Waals surface area contributed by atoms with Crippen molar-refractivity contribution < 1.29 is 13.9 Å². The van der Waals surface area contributed by atoms with Gasteiger partial charge in [0.15, 0.2) is 6.10 Å². The number of para-hydroxylation sites is 1. The van der Waals surface area contributed by atoms with Crippen LogP contribution in [0.4, 0.5) is 4.39 Å². The van der Waals surface area contributed by atoms with Crippen molar-refractivity contribution in [2.45, 2.75) is 26.0 Å². The number of nitrogens with one attached hydrogen (secondary N) is 1. The van der Waals surface area contributed by atoms with Crippen molar-refractivity contribution >= 4 is 5.91 Å². The molecule has 0 radical (unpaired) electrons. The van der Waals surface area contributed by atoms with Crippen molar-refractivity contribution in [3.8, 4) is 5.75 Å². The van der Waals surface area contributed by atoms with Crippen molar-refractivity contribution in [2.75, 3.05) is 0 Å². The third-order valence-corrected chi connectivity index (χ3v) is 3.15. The Bertz CT molecular complexity index is 583. The molecule has 2 rings (SSSR count). The van der Waals surface area contributed by atoms with Crippen LogP contribution in [0, 0.1) is 5.82 Å². The summed E-state index contributed by atoms with van der Waals surface area (Å²) in [6, 6.07) is 15.0. The lowest BCUT2D eigenvalue weighted by Crippen LogP contribution is -2.37. The first-order valence-corrected chi connectivity index (χ1v) is 6.84. The summed E-state index contributed by atoms with van der Waals surface area (Å²) in [6.45, 7) is 3.54. The summed E-state index contributed by atoms with van der Waals surface area (Å²) in [6.07, 6.45) is -0.602. The summed E-state index contributed by atoms with van der Waals surface area (Å²) < 4.78 is 18.4. The van der Waals surface area contributed by atoms with Crippen LogP contribution in [0.25, 0.3) is 0 Å². The predicted molar refractivity (Wildman–Crippen MR) is 79.5 cm³/mol. The van der Waals surface area contributed by atoms with Crippen LogP contribution >= 0.6 is 0 Å². The molecule has 0 heterocycles. The minimum atomic E-state index is -0.602. The normalized spacial score (nSPS) is 13.3. The second-order valence-corrected chi connectivity index (χ2v) is 4.85. The Morgan fingerprint density at radius 3 is 2.29 bits per heavy atom. The average Bonchev–Trinajstić information content (AvgIpc) is 2.48. The molecule has 0 aliphatic rings. The van der Waals surface area contributed by atoms with E-state index in [1.165, 1.54) is 12.1 Å². The molecule has 1 N–H and O–H groups in total. The molecule has 2 atom stereocenters. The zero-order chi connectivity index (χ0) is 15.2. The molecule has 0 saturated carbocycles. The Morgan fingerprint density at radius 2 is 1.67 bits per heavy atom. The Kier molecular flexibility index (Phi) is 4.93. The number of rotatable bonds is 5. The highest BCUT2D eigenvalue weighted by molar-refractivity contribution is 5.81. The van der Waals surface area contributed by atoms with E-state index in [1.807, 2.05) is 25.1 Å². The summed E-state index contributed by atoms with van der Waals surface area (Å²) in [5.41, 5.74) is 0.844. The van der Waals surface area contributed by atoms with Crippen LogP contribution in [-0.4, -0.2) is 12.0 Å². The first kappa shape index (κ1) is 15.0. The van der Waals surface area contributed by atoms with Gasteiger partial charge >= 0.3 is 0 Å². The van der Waals surface area contributed by atoms with Crippen LogP contribution < -0.4 is 10.1 Å². The quantitative estimate of drug-likeness (QED) is 0.914. The molecule has 0 saturated heterocycles. The van der Waals surface area contributed by atoms with Gasteiger partial charge in [-0.3, -0.25) is 4.79 Å². The Balaban J connectivity index is 1.92. The number of hydrogen-bond acceptors (Lipinski definition) is 2. The highest BCUT2D eigenvalue weighted by atomic mass is 19.1. The first-order valence-electron chi connectivity index (χ1n) is 6.84. The number of carbonyl (C=O) groups excluding carboxylic acids is 1. The fourth-order valence-corrected chi connectivity index (χ4v) is 1.92. The molecule has 4 heteroatoms. The summed E-state index contributed by atoms with van der Waals surface area (Å²) in [4.78, 5) is 12.1. The second kappa shape index (κ2) is 6.88. The Labute approximate surface area is 123 Å².